The van der Waals surface area contributed by atoms with E-state index in [-0.39, 0.29) is 47.6 Å². The summed E-state index contributed by atoms with van der Waals surface area (Å²) in [5.74, 6) is -0.737. The third-order valence-electron chi connectivity index (χ3n) is 8.45. The quantitative estimate of drug-likeness (QED) is 0.268. The van der Waals surface area contributed by atoms with Crippen LogP contribution in [0.1, 0.15) is 65.2 Å². The Morgan fingerprint density at radius 1 is 0.853 bits per heavy atom. The molecule has 2 saturated carbocycles. The van der Waals surface area contributed by atoms with Crippen molar-refractivity contribution >= 4 is 11.9 Å². The van der Waals surface area contributed by atoms with Crippen molar-refractivity contribution in [2.45, 2.75) is 65.2 Å². The standard InChI is InChI=1S/2C12H17NO4/c2*1-2-8-3-9-5-12(6-11(14)15,7-13(16)17)10(9)4-8/h2*4,9-10H,2-3,5-7H2,1H3,(H,14,15)/t2*9-,10-,12+/m10/s1. The molecule has 4 rings (SSSR count). The van der Waals surface area contributed by atoms with Gasteiger partial charge in [0.2, 0.25) is 13.1 Å². The summed E-state index contributed by atoms with van der Waals surface area (Å²) < 4.78 is 0. The Balaban J connectivity index is 0.000000191. The van der Waals surface area contributed by atoms with Crippen LogP contribution in [0.3, 0.4) is 0 Å². The Morgan fingerprint density at radius 2 is 1.21 bits per heavy atom. The maximum atomic E-state index is 10.9. The molecule has 0 aromatic rings. The molecule has 2 N–H and O–H groups in total. The number of aliphatic carboxylic acids is 2. The van der Waals surface area contributed by atoms with Crippen molar-refractivity contribution < 1.29 is 29.6 Å². The molecule has 0 spiro atoms. The minimum Gasteiger partial charge on any atom is -0.481 e. The van der Waals surface area contributed by atoms with Crippen LogP contribution >= 0.6 is 0 Å². The second kappa shape index (κ2) is 9.84. The lowest BCUT2D eigenvalue weighted by Gasteiger charge is -2.48. The first-order valence-corrected chi connectivity index (χ1v) is 12.0. The first kappa shape index (κ1) is 25.8. The molecule has 0 aromatic carbocycles. The molecule has 0 bridgehead atoms. The molecule has 0 aliphatic heterocycles. The fourth-order valence-corrected chi connectivity index (χ4v) is 7.06. The summed E-state index contributed by atoms with van der Waals surface area (Å²) in [5, 5.41) is 39.3. The summed E-state index contributed by atoms with van der Waals surface area (Å²) in [6, 6.07) is 0. The van der Waals surface area contributed by atoms with E-state index in [1.807, 2.05) is 0 Å². The lowest BCUT2D eigenvalue weighted by molar-refractivity contribution is -0.506. The molecule has 10 nitrogen and oxygen atoms in total. The van der Waals surface area contributed by atoms with Crippen LogP contribution < -0.4 is 0 Å². The van der Waals surface area contributed by atoms with Crippen molar-refractivity contribution in [3.63, 3.8) is 0 Å². The summed E-state index contributed by atoms with van der Waals surface area (Å²) in [7, 11) is 0. The van der Waals surface area contributed by atoms with Crippen molar-refractivity contribution in [1.82, 2.24) is 0 Å². The van der Waals surface area contributed by atoms with Gasteiger partial charge in [0.05, 0.1) is 23.7 Å². The zero-order chi connectivity index (χ0) is 25.3. The van der Waals surface area contributed by atoms with Crippen LogP contribution in [-0.2, 0) is 9.59 Å². The highest BCUT2D eigenvalue weighted by molar-refractivity contribution is 5.68. The maximum Gasteiger partial charge on any atom is 0.304 e. The van der Waals surface area contributed by atoms with E-state index in [0.29, 0.717) is 24.7 Å². The third-order valence-corrected chi connectivity index (χ3v) is 8.45. The second-order valence-corrected chi connectivity index (χ2v) is 10.6. The predicted molar refractivity (Wildman–Crippen MR) is 122 cm³/mol. The minimum atomic E-state index is -0.927. The molecule has 4 aliphatic carbocycles. The van der Waals surface area contributed by atoms with E-state index in [1.165, 1.54) is 11.1 Å². The number of carboxylic acids is 2. The fraction of sp³-hybridized carbons (Fsp3) is 0.750. The first-order chi connectivity index (χ1) is 15.9. The number of nitro groups is 2. The molecule has 0 saturated heterocycles. The number of allylic oxidation sites excluding steroid dienone is 4. The number of carbonyl (C=O) groups is 2. The van der Waals surface area contributed by atoms with Gasteiger partial charge in [-0.2, -0.15) is 0 Å². The predicted octanol–water partition coefficient (Wildman–Crippen LogP) is 4.20. The molecular formula is C24H34N2O8. The molecule has 0 radical (unpaired) electrons. The number of hydrogen-bond acceptors (Lipinski definition) is 6. The average molecular weight is 479 g/mol. The molecule has 0 amide bonds. The highest BCUT2D eigenvalue weighted by atomic mass is 16.6. The molecule has 2 fully saturated rings. The Hall–Kier alpha value is -2.78. The van der Waals surface area contributed by atoms with E-state index in [2.05, 4.69) is 26.0 Å². The lowest BCUT2D eigenvalue weighted by atomic mass is 9.53. The lowest BCUT2D eigenvalue weighted by Crippen LogP contribution is -2.50. The van der Waals surface area contributed by atoms with Crippen molar-refractivity contribution in [1.29, 1.82) is 0 Å². The van der Waals surface area contributed by atoms with E-state index in [9.17, 15) is 29.8 Å². The molecule has 4 aliphatic rings. The number of hydrogen-bond donors (Lipinski definition) is 2. The van der Waals surface area contributed by atoms with Gasteiger partial charge in [-0.15, -0.1) is 0 Å². The van der Waals surface area contributed by atoms with Crippen LogP contribution in [0.15, 0.2) is 23.3 Å². The van der Waals surface area contributed by atoms with Crippen LogP contribution in [0.4, 0.5) is 0 Å². The van der Waals surface area contributed by atoms with Crippen molar-refractivity contribution in [2.75, 3.05) is 13.1 Å². The van der Waals surface area contributed by atoms with Crippen LogP contribution in [-0.4, -0.2) is 45.1 Å². The van der Waals surface area contributed by atoms with Crippen LogP contribution in [0.25, 0.3) is 0 Å². The molecule has 0 unspecified atom stereocenters. The number of carboxylic acid groups (broad SMARTS) is 2. The molecule has 10 heteroatoms. The van der Waals surface area contributed by atoms with Gasteiger partial charge in [-0.05, 0) is 62.2 Å². The van der Waals surface area contributed by atoms with Gasteiger partial charge in [0, 0.05) is 9.85 Å². The second-order valence-electron chi connectivity index (χ2n) is 10.6. The SMILES string of the molecule is CCC1=C[C@@H]2[C@H](C1)C[C@]2(CC(=O)O)C[N+](=O)[O-].CCC1=C[C@H]2[C@@H](C1)C[C@@]2(CC(=O)O)C[N+](=O)[O-]. The van der Waals surface area contributed by atoms with E-state index in [4.69, 9.17) is 10.2 Å². The maximum absolute atomic E-state index is 10.9. The number of fused-ring (bicyclic) bond motifs is 2. The highest BCUT2D eigenvalue weighted by Gasteiger charge is 2.59. The van der Waals surface area contributed by atoms with Gasteiger partial charge in [0.15, 0.2) is 0 Å². The first-order valence-electron chi connectivity index (χ1n) is 12.0. The Labute approximate surface area is 198 Å². The van der Waals surface area contributed by atoms with E-state index < -0.39 is 22.8 Å². The topological polar surface area (TPSA) is 161 Å². The number of rotatable bonds is 10. The summed E-state index contributed by atoms with van der Waals surface area (Å²) >= 11 is 0. The third kappa shape index (κ3) is 5.15. The highest BCUT2D eigenvalue weighted by Crippen LogP contribution is 2.61. The molecule has 0 heterocycles. The largest absolute Gasteiger partial charge is 0.481 e. The van der Waals surface area contributed by atoms with Gasteiger partial charge >= 0.3 is 11.9 Å². The van der Waals surface area contributed by atoms with Gasteiger partial charge in [-0.25, -0.2) is 0 Å². The monoisotopic (exact) mass is 478 g/mol. The molecule has 188 valence electrons. The summed E-state index contributed by atoms with van der Waals surface area (Å²) in [6.07, 6.45) is 9.34. The van der Waals surface area contributed by atoms with Crippen molar-refractivity contribution in [3.05, 3.63) is 43.5 Å². The average Bonchev–Trinajstić information content (AvgIpc) is 3.24. The van der Waals surface area contributed by atoms with E-state index in [1.54, 1.807) is 0 Å². The minimum absolute atomic E-state index is 0.0807. The fourth-order valence-electron chi connectivity index (χ4n) is 7.06. The van der Waals surface area contributed by atoms with Crippen LogP contribution in [0.2, 0.25) is 0 Å². The molecule has 6 atom stereocenters. The zero-order valence-electron chi connectivity index (χ0n) is 19.8. The Kier molecular flexibility index (Phi) is 7.47. The summed E-state index contributed by atoms with van der Waals surface area (Å²) in [6.45, 7) is 3.72. The van der Waals surface area contributed by atoms with Gasteiger partial charge < -0.3 is 10.2 Å². The normalized spacial score (nSPS) is 34.8. The number of nitrogens with zero attached hydrogens (tertiary/aromatic N) is 2. The van der Waals surface area contributed by atoms with Gasteiger partial charge in [-0.1, -0.05) is 37.1 Å². The summed E-state index contributed by atoms with van der Waals surface area (Å²) in [5.41, 5.74) is 1.40. The Bertz CT molecular complexity index is 818. The van der Waals surface area contributed by atoms with Gasteiger partial charge in [-0.3, -0.25) is 29.8 Å². The van der Waals surface area contributed by atoms with Crippen molar-refractivity contribution in [3.8, 4) is 0 Å². The van der Waals surface area contributed by atoms with E-state index in [0.717, 1.165) is 25.7 Å². The van der Waals surface area contributed by atoms with E-state index >= 15 is 0 Å². The van der Waals surface area contributed by atoms with Crippen LogP contribution in [0.5, 0.6) is 0 Å². The van der Waals surface area contributed by atoms with Crippen LogP contribution in [0, 0.1) is 54.7 Å². The molecular weight excluding hydrogens is 444 g/mol. The van der Waals surface area contributed by atoms with Gasteiger partial charge in [0.25, 0.3) is 0 Å². The smallest absolute Gasteiger partial charge is 0.304 e. The molecule has 34 heavy (non-hydrogen) atoms. The zero-order valence-corrected chi connectivity index (χ0v) is 19.8. The molecule has 0 aromatic heterocycles. The summed E-state index contributed by atoms with van der Waals surface area (Å²) in [4.78, 5) is 42.5. The Morgan fingerprint density at radius 3 is 1.47 bits per heavy atom. The van der Waals surface area contributed by atoms with Crippen molar-refractivity contribution in [2.24, 2.45) is 34.5 Å². The van der Waals surface area contributed by atoms with Gasteiger partial charge in [0.1, 0.15) is 0 Å².